The van der Waals surface area contributed by atoms with Gasteiger partial charge in [-0.3, -0.25) is 9.36 Å². The van der Waals surface area contributed by atoms with Crippen LogP contribution in [0.15, 0.2) is 58.2 Å². The van der Waals surface area contributed by atoms with Gasteiger partial charge in [0.25, 0.3) is 15.9 Å². The van der Waals surface area contributed by atoms with Gasteiger partial charge in [0.05, 0.1) is 11.9 Å². The zero-order valence-corrected chi connectivity index (χ0v) is 25.0. The van der Waals surface area contributed by atoms with Crippen LogP contribution in [0, 0.1) is 0 Å². The molecule has 1 saturated heterocycles. The summed E-state index contributed by atoms with van der Waals surface area (Å²) in [7, 11) is -2.55. The molecule has 2 aromatic carbocycles. The number of fused-ring (bicyclic) bond motifs is 1. The molecule has 1 atom stereocenters. The molecular formula is C25H25BrCl2N6O4S. The molecule has 1 N–H and O–H groups in total. The number of anilines is 2. The predicted octanol–water partition coefficient (Wildman–Crippen LogP) is 4.23. The summed E-state index contributed by atoms with van der Waals surface area (Å²) in [6.07, 6.45) is 1.49. The highest BCUT2D eigenvalue weighted by molar-refractivity contribution is 9.10. The molecule has 0 spiro atoms. The number of sulfonamides is 1. The van der Waals surface area contributed by atoms with Gasteiger partial charge in [-0.15, -0.1) is 0 Å². The third kappa shape index (κ3) is 4.93. The van der Waals surface area contributed by atoms with Gasteiger partial charge in [-0.05, 0) is 42.8 Å². The minimum absolute atomic E-state index is 0.102. The van der Waals surface area contributed by atoms with E-state index in [0.717, 1.165) is 10.0 Å². The number of aromatic nitrogens is 2. The second-order valence-corrected chi connectivity index (χ2v) is 13.2. The summed E-state index contributed by atoms with van der Waals surface area (Å²) in [5, 5.41) is 3.11. The van der Waals surface area contributed by atoms with E-state index in [0.29, 0.717) is 15.7 Å². The van der Waals surface area contributed by atoms with Crippen LogP contribution in [0.1, 0.15) is 12.5 Å². The van der Waals surface area contributed by atoms with E-state index in [4.69, 9.17) is 23.2 Å². The summed E-state index contributed by atoms with van der Waals surface area (Å²) in [5.74, 6) is -0.215. The number of urea groups is 1. The summed E-state index contributed by atoms with van der Waals surface area (Å²) < 4.78 is 31.6. The number of rotatable bonds is 5. The van der Waals surface area contributed by atoms with Gasteiger partial charge >= 0.3 is 6.03 Å². The summed E-state index contributed by atoms with van der Waals surface area (Å²) in [4.78, 5) is 33.5. The largest absolute Gasteiger partial charge is 0.341 e. The number of hydrogen-bond acceptors (Lipinski definition) is 5. The van der Waals surface area contributed by atoms with E-state index < -0.39 is 15.6 Å². The van der Waals surface area contributed by atoms with Crippen molar-refractivity contribution in [2.75, 3.05) is 38.1 Å². The predicted molar refractivity (Wildman–Crippen MR) is 152 cm³/mol. The van der Waals surface area contributed by atoms with Crippen molar-refractivity contribution in [3.05, 3.63) is 68.7 Å². The number of halogens is 3. The second-order valence-electron chi connectivity index (χ2n) is 9.52. The zero-order chi connectivity index (χ0) is 28.1. The Morgan fingerprint density at radius 3 is 2.28 bits per heavy atom. The number of imidazole rings is 1. The summed E-state index contributed by atoms with van der Waals surface area (Å²) in [6, 6.07) is 11.9. The van der Waals surface area contributed by atoms with Crippen LogP contribution in [-0.4, -0.2) is 72.3 Å². The molecule has 206 valence electrons. The van der Waals surface area contributed by atoms with Crippen LogP contribution in [0.3, 0.4) is 0 Å². The molecule has 3 heterocycles. The molecule has 14 heteroatoms. The Bertz CT molecular complexity index is 1540. The molecule has 2 aliphatic rings. The Hall–Kier alpha value is -2.64. The molecular weight excluding hydrogens is 631 g/mol. The summed E-state index contributed by atoms with van der Waals surface area (Å²) in [5.41, 5.74) is -0.116. The van der Waals surface area contributed by atoms with Gasteiger partial charge < -0.3 is 10.2 Å². The Labute approximate surface area is 244 Å². The first-order chi connectivity index (χ1) is 18.5. The number of carbonyl (C=O) groups is 2. The van der Waals surface area contributed by atoms with E-state index in [1.165, 1.54) is 27.0 Å². The molecule has 5 rings (SSSR count). The summed E-state index contributed by atoms with van der Waals surface area (Å²) >= 11 is 15.9. The Morgan fingerprint density at radius 1 is 1.08 bits per heavy atom. The van der Waals surface area contributed by atoms with Gasteiger partial charge in [0, 0.05) is 54.2 Å². The van der Waals surface area contributed by atoms with Gasteiger partial charge in [-0.2, -0.15) is 4.31 Å². The molecule has 0 bridgehead atoms. The Balaban J connectivity index is 1.60. The first-order valence-electron chi connectivity index (χ1n) is 12.1. The molecule has 1 fully saturated rings. The van der Waals surface area contributed by atoms with Crippen molar-refractivity contribution in [2.24, 2.45) is 0 Å². The SMILES string of the molecule is CNC(=O)N1CCN(S(=O)(=O)c2cnc3n2[C@](C)(Cc2ccc(Br)cc2)C(=O)N3c2cc(Cl)cc(Cl)c2)CC1. The van der Waals surface area contributed by atoms with E-state index in [1.54, 1.807) is 30.0 Å². The van der Waals surface area contributed by atoms with Crippen molar-refractivity contribution in [3.8, 4) is 0 Å². The first-order valence-corrected chi connectivity index (χ1v) is 15.0. The first kappa shape index (κ1) is 27.9. The maximum absolute atomic E-state index is 14.2. The lowest BCUT2D eigenvalue weighted by atomic mass is 9.92. The van der Waals surface area contributed by atoms with Crippen molar-refractivity contribution >= 4 is 72.7 Å². The quantitative estimate of drug-likeness (QED) is 0.443. The van der Waals surface area contributed by atoms with Crippen LogP contribution < -0.4 is 10.2 Å². The zero-order valence-electron chi connectivity index (χ0n) is 21.1. The van der Waals surface area contributed by atoms with E-state index >= 15 is 0 Å². The van der Waals surface area contributed by atoms with Crippen molar-refractivity contribution < 1.29 is 18.0 Å². The number of hydrogen-bond donors (Lipinski definition) is 1. The number of carbonyl (C=O) groups excluding carboxylic acids is 2. The van der Waals surface area contributed by atoms with E-state index in [1.807, 2.05) is 24.3 Å². The fraction of sp³-hybridized carbons (Fsp3) is 0.320. The Kier molecular flexibility index (Phi) is 7.44. The summed E-state index contributed by atoms with van der Waals surface area (Å²) in [6.45, 7) is 2.41. The topological polar surface area (TPSA) is 108 Å². The van der Waals surface area contributed by atoms with Crippen LogP contribution in [0.5, 0.6) is 0 Å². The standard InChI is InChI=1S/C25H25BrCl2N6O4S/c1-25(14-16-3-5-17(26)6-4-16)22(35)33(20-12-18(27)11-19(28)13-20)23-30-15-21(34(23)25)39(37,38)32-9-7-31(8-10-32)24(36)29-2/h3-6,11-13,15H,7-10,14H2,1-2H3,(H,29,36)/t25-/m1/s1. The molecule has 0 aliphatic carbocycles. The maximum Gasteiger partial charge on any atom is 0.317 e. The normalized spacial score (nSPS) is 19.9. The lowest BCUT2D eigenvalue weighted by Gasteiger charge is -2.34. The van der Waals surface area contributed by atoms with Crippen molar-refractivity contribution in [3.63, 3.8) is 0 Å². The van der Waals surface area contributed by atoms with Crippen LogP contribution in [-0.2, 0) is 26.8 Å². The molecule has 0 radical (unpaired) electrons. The average Bonchev–Trinajstić information content (AvgIpc) is 3.43. The smallest absolute Gasteiger partial charge is 0.317 e. The lowest BCUT2D eigenvalue weighted by Crippen LogP contribution is -2.53. The fourth-order valence-electron chi connectivity index (χ4n) is 5.04. The maximum atomic E-state index is 14.2. The third-order valence-corrected chi connectivity index (χ3v) is 9.81. The monoisotopic (exact) mass is 654 g/mol. The van der Waals surface area contributed by atoms with Gasteiger partial charge in [0.1, 0.15) is 5.54 Å². The number of piperazine rings is 1. The lowest BCUT2D eigenvalue weighted by molar-refractivity contribution is -0.124. The molecule has 0 saturated carbocycles. The van der Waals surface area contributed by atoms with Crippen molar-refractivity contribution in [2.45, 2.75) is 23.9 Å². The highest BCUT2D eigenvalue weighted by atomic mass is 79.9. The number of nitrogens with one attached hydrogen (secondary N) is 1. The van der Waals surface area contributed by atoms with E-state index in [2.05, 4.69) is 26.2 Å². The van der Waals surface area contributed by atoms with Crippen molar-refractivity contribution in [1.82, 2.24) is 24.1 Å². The highest BCUT2D eigenvalue weighted by Crippen LogP contribution is 2.45. The number of nitrogens with zero attached hydrogens (tertiary/aromatic N) is 5. The average molecular weight is 656 g/mol. The van der Waals surface area contributed by atoms with Crippen molar-refractivity contribution in [1.29, 1.82) is 0 Å². The van der Waals surface area contributed by atoms with Gasteiger partial charge in [0.15, 0.2) is 5.03 Å². The molecule has 10 nitrogen and oxygen atoms in total. The highest BCUT2D eigenvalue weighted by Gasteiger charge is 2.52. The van der Waals surface area contributed by atoms with Crippen LogP contribution in [0.2, 0.25) is 10.0 Å². The molecule has 1 aromatic heterocycles. The van der Waals surface area contributed by atoms with Gasteiger partial charge in [-0.25, -0.2) is 23.1 Å². The molecule has 39 heavy (non-hydrogen) atoms. The molecule has 2 aliphatic heterocycles. The fourth-order valence-corrected chi connectivity index (χ4v) is 7.42. The molecule has 3 aromatic rings. The molecule has 3 amide bonds. The third-order valence-electron chi connectivity index (χ3n) is 6.98. The van der Waals surface area contributed by atoms with Crippen LogP contribution in [0.4, 0.5) is 16.4 Å². The van der Waals surface area contributed by atoms with E-state index in [9.17, 15) is 18.0 Å². The number of amides is 3. The molecule has 0 unspecified atom stereocenters. The minimum atomic E-state index is -4.08. The number of benzene rings is 2. The van der Waals surface area contributed by atoms with Crippen LogP contribution >= 0.6 is 39.1 Å². The van der Waals surface area contributed by atoms with Gasteiger partial charge in [0.2, 0.25) is 5.95 Å². The minimum Gasteiger partial charge on any atom is -0.341 e. The van der Waals surface area contributed by atoms with Gasteiger partial charge in [-0.1, -0.05) is 51.3 Å². The van der Waals surface area contributed by atoms with Crippen LogP contribution in [0.25, 0.3) is 0 Å². The van der Waals surface area contributed by atoms with E-state index in [-0.39, 0.29) is 55.5 Å². The second kappa shape index (κ2) is 10.4. The Morgan fingerprint density at radius 2 is 1.69 bits per heavy atom.